The van der Waals surface area contributed by atoms with Gasteiger partial charge in [-0.1, -0.05) is 30.3 Å². The van der Waals surface area contributed by atoms with Gasteiger partial charge in [0.25, 0.3) is 0 Å². The number of benzene rings is 1. The number of aryl methyl sites for hydroxylation is 1. The first-order valence-corrected chi connectivity index (χ1v) is 11.7. The zero-order valence-corrected chi connectivity index (χ0v) is 18.6. The van der Waals surface area contributed by atoms with Crippen molar-refractivity contribution < 1.29 is 9.90 Å². The molecule has 1 N–H and O–H groups in total. The highest BCUT2D eigenvalue weighted by atomic mass is 32.1. The molecule has 1 aliphatic rings. The predicted molar refractivity (Wildman–Crippen MR) is 125 cm³/mol. The van der Waals surface area contributed by atoms with E-state index < -0.39 is 6.09 Å². The molecule has 1 amide bonds. The van der Waals surface area contributed by atoms with Gasteiger partial charge in [0.1, 0.15) is 5.82 Å². The van der Waals surface area contributed by atoms with Crippen LogP contribution in [0.25, 0.3) is 11.3 Å². The van der Waals surface area contributed by atoms with Gasteiger partial charge >= 0.3 is 6.09 Å². The molecule has 6 nitrogen and oxygen atoms in total. The van der Waals surface area contributed by atoms with Crippen molar-refractivity contribution >= 4 is 23.2 Å². The summed E-state index contributed by atoms with van der Waals surface area (Å²) in [5, 5.41) is 11.4. The Kier molecular flexibility index (Phi) is 6.82. The average Bonchev–Trinajstić information content (AvgIpc) is 3.30. The van der Waals surface area contributed by atoms with E-state index in [4.69, 9.17) is 4.98 Å². The van der Waals surface area contributed by atoms with Crippen LogP contribution >= 0.6 is 11.3 Å². The Labute approximate surface area is 187 Å². The largest absolute Gasteiger partial charge is 0.465 e. The molecule has 0 radical (unpaired) electrons. The van der Waals surface area contributed by atoms with Crippen LogP contribution < -0.4 is 4.90 Å². The van der Waals surface area contributed by atoms with Crippen LogP contribution in [0.4, 0.5) is 10.6 Å². The van der Waals surface area contributed by atoms with E-state index in [1.807, 2.05) is 5.38 Å². The predicted octanol–water partition coefficient (Wildman–Crippen LogP) is 5.30. The van der Waals surface area contributed by atoms with Gasteiger partial charge in [-0.25, -0.2) is 14.8 Å². The zero-order valence-electron chi connectivity index (χ0n) is 17.8. The average molecular weight is 437 g/mol. The lowest BCUT2D eigenvalue weighted by Crippen LogP contribution is -2.36. The van der Waals surface area contributed by atoms with Crippen molar-refractivity contribution in [3.05, 3.63) is 64.6 Å². The van der Waals surface area contributed by atoms with Crippen molar-refractivity contribution in [2.75, 3.05) is 24.5 Å². The maximum atomic E-state index is 11.6. The topological polar surface area (TPSA) is 69.6 Å². The van der Waals surface area contributed by atoms with Gasteiger partial charge in [0.15, 0.2) is 0 Å². The Morgan fingerprint density at radius 1 is 1.19 bits per heavy atom. The molecule has 3 aromatic rings. The van der Waals surface area contributed by atoms with Crippen LogP contribution in [-0.4, -0.2) is 45.7 Å². The van der Waals surface area contributed by atoms with Crippen LogP contribution in [-0.2, 0) is 6.54 Å². The maximum absolute atomic E-state index is 11.6. The SMILES string of the molecule is Cc1ccccc1-c1cccc(N2CCC(CCN(Cc3cscn3)C(=O)O)CC2)n1. The van der Waals surface area contributed by atoms with Crippen molar-refractivity contribution in [1.82, 2.24) is 14.9 Å². The van der Waals surface area contributed by atoms with Crippen LogP contribution in [0.3, 0.4) is 0 Å². The standard InChI is InChI=1S/C24H28N4O2S/c1-18-5-2-3-6-21(18)22-7-4-8-23(26-22)27-12-9-19(10-13-27)11-14-28(24(29)30)15-20-16-31-17-25-20/h2-8,16-17,19H,9-15H2,1H3,(H,29,30). The number of hydrogen-bond acceptors (Lipinski definition) is 5. The van der Waals surface area contributed by atoms with E-state index in [9.17, 15) is 9.90 Å². The molecule has 4 rings (SSSR count). The second-order valence-corrected chi connectivity index (χ2v) is 8.82. The zero-order chi connectivity index (χ0) is 21.6. The molecule has 162 valence electrons. The summed E-state index contributed by atoms with van der Waals surface area (Å²) in [6.45, 7) is 4.94. The fraction of sp³-hybridized carbons (Fsp3) is 0.375. The van der Waals surface area contributed by atoms with Crippen LogP contribution in [0.1, 0.15) is 30.5 Å². The molecule has 0 bridgehead atoms. The third-order valence-electron chi connectivity index (χ3n) is 6.01. The number of amides is 1. The van der Waals surface area contributed by atoms with Gasteiger partial charge in [0, 0.05) is 30.6 Å². The lowest BCUT2D eigenvalue weighted by atomic mass is 9.93. The minimum absolute atomic E-state index is 0.368. The second-order valence-electron chi connectivity index (χ2n) is 8.10. The van der Waals surface area contributed by atoms with E-state index >= 15 is 0 Å². The normalized spacial score (nSPS) is 14.5. The first-order chi connectivity index (χ1) is 15.1. The molecule has 0 aliphatic carbocycles. The summed E-state index contributed by atoms with van der Waals surface area (Å²) in [6, 6.07) is 14.6. The fourth-order valence-electron chi connectivity index (χ4n) is 4.15. The van der Waals surface area contributed by atoms with Crippen molar-refractivity contribution in [3.63, 3.8) is 0 Å². The molecule has 3 heterocycles. The molecular formula is C24H28N4O2S. The van der Waals surface area contributed by atoms with E-state index in [1.165, 1.54) is 27.4 Å². The van der Waals surface area contributed by atoms with Gasteiger partial charge in [0.2, 0.25) is 0 Å². The number of piperidine rings is 1. The number of nitrogens with zero attached hydrogens (tertiary/aromatic N) is 4. The summed E-state index contributed by atoms with van der Waals surface area (Å²) >= 11 is 1.50. The van der Waals surface area contributed by atoms with E-state index in [1.54, 1.807) is 5.51 Å². The summed E-state index contributed by atoms with van der Waals surface area (Å²) in [6.07, 6.45) is 2.13. The van der Waals surface area contributed by atoms with Gasteiger partial charge in [-0.2, -0.15) is 0 Å². The summed E-state index contributed by atoms with van der Waals surface area (Å²) in [5.41, 5.74) is 5.98. The first-order valence-electron chi connectivity index (χ1n) is 10.7. The molecule has 0 unspecified atom stereocenters. The molecule has 31 heavy (non-hydrogen) atoms. The van der Waals surface area contributed by atoms with Crippen LogP contribution in [0.5, 0.6) is 0 Å². The van der Waals surface area contributed by atoms with E-state index in [2.05, 4.69) is 59.3 Å². The molecule has 0 atom stereocenters. The molecule has 7 heteroatoms. The minimum Gasteiger partial charge on any atom is -0.465 e. The second kappa shape index (κ2) is 9.92. The first kappa shape index (κ1) is 21.3. The number of carbonyl (C=O) groups is 1. The summed E-state index contributed by atoms with van der Waals surface area (Å²) in [5.74, 6) is 1.56. The molecule has 1 fully saturated rings. The molecule has 2 aromatic heterocycles. The summed E-state index contributed by atoms with van der Waals surface area (Å²) in [7, 11) is 0. The third kappa shape index (κ3) is 5.41. The van der Waals surface area contributed by atoms with Gasteiger partial charge in [0.05, 0.1) is 23.4 Å². The Hall–Kier alpha value is -2.93. The van der Waals surface area contributed by atoms with Gasteiger partial charge < -0.3 is 14.9 Å². The van der Waals surface area contributed by atoms with Gasteiger partial charge in [-0.15, -0.1) is 11.3 Å². The Balaban J connectivity index is 1.32. The monoisotopic (exact) mass is 436 g/mol. The highest BCUT2D eigenvalue weighted by Gasteiger charge is 2.22. The van der Waals surface area contributed by atoms with E-state index in [-0.39, 0.29) is 0 Å². The maximum Gasteiger partial charge on any atom is 0.407 e. The van der Waals surface area contributed by atoms with Gasteiger partial charge in [-0.3, -0.25) is 0 Å². The summed E-state index contributed by atoms with van der Waals surface area (Å²) < 4.78 is 0. The number of thiazole rings is 1. The Morgan fingerprint density at radius 2 is 2.00 bits per heavy atom. The molecule has 1 aromatic carbocycles. The van der Waals surface area contributed by atoms with Crippen molar-refractivity contribution in [2.45, 2.75) is 32.7 Å². The van der Waals surface area contributed by atoms with Crippen molar-refractivity contribution in [3.8, 4) is 11.3 Å². The third-order valence-corrected chi connectivity index (χ3v) is 6.64. The number of carboxylic acid groups (broad SMARTS) is 1. The van der Waals surface area contributed by atoms with Gasteiger partial charge in [-0.05, 0) is 49.8 Å². The molecular weight excluding hydrogens is 408 g/mol. The van der Waals surface area contributed by atoms with Crippen LogP contribution in [0, 0.1) is 12.8 Å². The highest BCUT2D eigenvalue weighted by Crippen LogP contribution is 2.27. The number of rotatable bonds is 7. The van der Waals surface area contributed by atoms with Crippen LogP contribution in [0.15, 0.2) is 53.4 Å². The number of pyridine rings is 1. The van der Waals surface area contributed by atoms with E-state index in [0.29, 0.717) is 19.0 Å². The van der Waals surface area contributed by atoms with Crippen LogP contribution in [0.2, 0.25) is 0 Å². The fourth-order valence-corrected chi connectivity index (χ4v) is 4.70. The van der Waals surface area contributed by atoms with Crippen molar-refractivity contribution in [2.24, 2.45) is 5.92 Å². The molecule has 1 saturated heterocycles. The molecule has 1 aliphatic heterocycles. The minimum atomic E-state index is -0.873. The molecule has 0 spiro atoms. The van der Waals surface area contributed by atoms with E-state index in [0.717, 1.165) is 49.6 Å². The lowest BCUT2D eigenvalue weighted by Gasteiger charge is -2.33. The lowest BCUT2D eigenvalue weighted by molar-refractivity contribution is 0.137. The number of hydrogen-bond donors (Lipinski definition) is 1. The Morgan fingerprint density at radius 3 is 2.71 bits per heavy atom. The quantitative estimate of drug-likeness (QED) is 0.544. The highest BCUT2D eigenvalue weighted by molar-refractivity contribution is 7.07. The van der Waals surface area contributed by atoms with Crippen molar-refractivity contribution in [1.29, 1.82) is 0 Å². The number of aromatic nitrogens is 2. The molecule has 0 saturated carbocycles. The smallest absolute Gasteiger partial charge is 0.407 e. The Bertz CT molecular complexity index is 1000. The number of anilines is 1. The summed E-state index contributed by atoms with van der Waals surface area (Å²) in [4.78, 5) is 24.6.